The number of carbonyl (C=O) groups is 1. The number of esters is 1. The van der Waals surface area contributed by atoms with Crippen LogP contribution in [-0.4, -0.2) is 50.2 Å². The fourth-order valence-electron chi connectivity index (χ4n) is 2.43. The molecule has 0 aromatic heterocycles. The molecule has 1 aliphatic heterocycles. The Morgan fingerprint density at radius 1 is 1.53 bits per heavy atom. The van der Waals surface area contributed by atoms with Gasteiger partial charge in [0.1, 0.15) is 0 Å². The topological polar surface area (TPSA) is 41.6 Å². The first-order valence-electron chi connectivity index (χ1n) is 6.53. The number of methoxy groups -OCH3 is 1. The minimum Gasteiger partial charge on any atom is -0.469 e. The molecule has 0 aliphatic carbocycles. The van der Waals surface area contributed by atoms with Crippen LogP contribution < -0.4 is 5.32 Å². The van der Waals surface area contributed by atoms with Crippen LogP contribution in [0.2, 0.25) is 0 Å². The molecule has 1 N–H and O–H groups in total. The van der Waals surface area contributed by atoms with E-state index in [1.165, 1.54) is 20.0 Å². The van der Waals surface area contributed by atoms with Gasteiger partial charge in [0.2, 0.25) is 0 Å². The number of hydrogen-bond acceptors (Lipinski definition) is 4. The van der Waals surface area contributed by atoms with Crippen LogP contribution in [0.4, 0.5) is 0 Å². The molecule has 1 rings (SSSR count). The second-order valence-corrected chi connectivity index (χ2v) is 5.50. The molecule has 1 atom stereocenters. The first-order chi connectivity index (χ1) is 7.99. The van der Waals surface area contributed by atoms with Crippen molar-refractivity contribution in [2.24, 2.45) is 5.41 Å². The van der Waals surface area contributed by atoms with Crippen LogP contribution in [0.25, 0.3) is 0 Å². The standard InChI is InChI=1S/C13H26N2O2/c1-5-15(9-11-7-6-8-14-11)10-13(2,3)12(16)17-4/h11,14H,5-10H2,1-4H3. The molecule has 1 unspecified atom stereocenters. The molecule has 1 saturated heterocycles. The third-order valence-corrected chi connectivity index (χ3v) is 3.45. The van der Waals surface area contributed by atoms with Gasteiger partial charge in [-0.2, -0.15) is 0 Å². The van der Waals surface area contributed by atoms with E-state index in [2.05, 4.69) is 17.1 Å². The van der Waals surface area contributed by atoms with Gasteiger partial charge in [0.05, 0.1) is 12.5 Å². The Morgan fingerprint density at radius 2 is 2.24 bits per heavy atom. The predicted octanol–water partition coefficient (Wildman–Crippen LogP) is 1.26. The maximum Gasteiger partial charge on any atom is 0.312 e. The lowest BCUT2D eigenvalue weighted by atomic mass is 9.92. The van der Waals surface area contributed by atoms with E-state index < -0.39 is 5.41 Å². The van der Waals surface area contributed by atoms with Crippen molar-refractivity contribution in [3.8, 4) is 0 Å². The summed E-state index contributed by atoms with van der Waals surface area (Å²) in [4.78, 5) is 14.0. The summed E-state index contributed by atoms with van der Waals surface area (Å²) in [6.45, 7) is 9.92. The van der Waals surface area contributed by atoms with Crippen molar-refractivity contribution >= 4 is 5.97 Å². The molecule has 0 bridgehead atoms. The van der Waals surface area contributed by atoms with Gasteiger partial charge in [-0.1, -0.05) is 6.92 Å². The first kappa shape index (κ1) is 14.5. The van der Waals surface area contributed by atoms with Crippen molar-refractivity contribution in [2.75, 3.05) is 33.3 Å². The van der Waals surface area contributed by atoms with Crippen molar-refractivity contribution < 1.29 is 9.53 Å². The summed E-state index contributed by atoms with van der Waals surface area (Å²) in [7, 11) is 1.46. The van der Waals surface area contributed by atoms with E-state index in [9.17, 15) is 4.79 Å². The van der Waals surface area contributed by atoms with Crippen LogP contribution in [0.1, 0.15) is 33.6 Å². The summed E-state index contributed by atoms with van der Waals surface area (Å²) in [6.07, 6.45) is 2.51. The molecule has 4 heteroatoms. The molecule has 0 amide bonds. The number of nitrogens with zero attached hydrogens (tertiary/aromatic N) is 1. The molecule has 0 radical (unpaired) electrons. The third-order valence-electron chi connectivity index (χ3n) is 3.45. The molecule has 100 valence electrons. The summed E-state index contributed by atoms with van der Waals surface area (Å²) in [6, 6.07) is 0.586. The van der Waals surface area contributed by atoms with E-state index >= 15 is 0 Å². The summed E-state index contributed by atoms with van der Waals surface area (Å²) in [5.41, 5.74) is -0.427. The summed E-state index contributed by atoms with van der Waals surface area (Å²) >= 11 is 0. The lowest BCUT2D eigenvalue weighted by Crippen LogP contribution is -2.44. The number of hydrogen-bond donors (Lipinski definition) is 1. The van der Waals surface area contributed by atoms with E-state index in [4.69, 9.17) is 4.74 Å². The third kappa shape index (κ3) is 4.28. The molecule has 1 heterocycles. The minimum absolute atomic E-state index is 0.129. The van der Waals surface area contributed by atoms with Crippen LogP contribution in [0.3, 0.4) is 0 Å². The van der Waals surface area contributed by atoms with E-state index in [0.29, 0.717) is 6.04 Å². The Kier molecular flexibility index (Phi) is 5.40. The second kappa shape index (κ2) is 6.36. The zero-order chi connectivity index (χ0) is 12.9. The Bertz CT molecular complexity index is 248. The summed E-state index contributed by atoms with van der Waals surface area (Å²) in [5.74, 6) is -0.129. The maximum absolute atomic E-state index is 11.7. The highest BCUT2D eigenvalue weighted by atomic mass is 16.5. The second-order valence-electron chi connectivity index (χ2n) is 5.50. The van der Waals surface area contributed by atoms with Gasteiger partial charge in [-0.3, -0.25) is 4.79 Å². The van der Waals surface area contributed by atoms with Crippen LogP contribution in [0.5, 0.6) is 0 Å². The molecule has 0 saturated carbocycles. The fraction of sp³-hybridized carbons (Fsp3) is 0.923. The number of carbonyl (C=O) groups excluding carboxylic acids is 1. The Balaban J connectivity index is 2.47. The van der Waals surface area contributed by atoms with E-state index in [-0.39, 0.29) is 5.97 Å². The van der Waals surface area contributed by atoms with E-state index in [1.54, 1.807) is 0 Å². The van der Waals surface area contributed by atoms with Gasteiger partial charge >= 0.3 is 5.97 Å². The van der Waals surface area contributed by atoms with Crippen molar-refractivity contribution in [3.63, 3.8) is 0 Å². The van der Waals surface area contributed by atoms with Gasteiger partial charge in [0.15, 0.2) is 0 Å². The van der Waals surface area contributed by atoms with Gasteiger partial charge in [-0.15, -0.1) is 0 Å². The highest BCUT2D eigenvalue weighted by Crippen LogP contribution is 2.19. The fourth-order valence-corrected chi connectivity index (χ4v) is 2.43. The SMILES string of the molecule is CCN(CC1CCCN1)CC(C)(C)C(=O)OC. The largest absolute Gasteiger partial charge is 0.469 e. The quantitative estimate of drug-likeness (QED) is 0.712. The van der Waals surface area contributed by atoms with Gasteiger partial charge in [0.25, 0.3) is 0 Å². The molecular weight excluding hydrogens is 216 g/mol. The highest BCUT2D eigenvalue weighted by molar-refractivity contribution is 5.76. The highest BCUT2D eigenvalue weighted by Gasteiger charge is 2.31. The normalized spacial score (nSPS) is 20.9. The van der Waals surface area contributed by atoms with E-state index in [1.807, 2.05) is 13.8 Å². The van der Waals surface area contributed by atoms with Crippen molar-refractivity contribution in [1.29, 1.82) is 0 Å². The average Bonchev–Trinajstić information content (AvgIpc) is 2.79. The monoisotopic (exact) mass is 242 g/mol. The smallest absolute Gasteiger partial charge is 0.312 e. The molecule has 0 aromatic carbocycles. The first-order valence-corrected chi connectivity index (χ1v) is 6.53. The predicted molar refractivity (Wildman–Crippen MR) is 68.9 cm³/mol. The van der Waals surface area contributed by atoms with Crippen molar-refractivity contribution in [3.05, 3.63) is 0 Å². The molecule has 1 aliphatic rings. The molecule has 0 spiro atoms. The number of likely N-dealkylation sites (N-methyl/N-ethyl adjacent to an activating group) is 1. The van der Waals surface area contributed by atoms with Gasteiger partial charge in [-0.25, -0.2) is 0 Å². The Labute approximate surface area is 105 Å². The molecule has 1 fully saturated rings. The molecule has 0 aromatic rings. The van der Waals surface area contributed by atoms with Crippen molar-refractivity contribution in [2.45, 2.75) is 39.7 Å². The van der Waals surface area contributed by atoms with E-state index in [0.717, 1.165) is 26.2 Å². The lowest BCUT2D eigenvalue weighted by Gasteiger charge is -2.31. The van der Waals surface area contributed by atoms with Gasteiger partial charge in [-0.05, 0) is 39.8 Å². The summed E-state index contributed by atoms with van der Waals surface area (Å²) in [5, 5.41) is 3.49. The number of rotatable bonds is 6. The maximum atomic E-state index is 11.7. The molecule has 4 nitrogen and oxygen atoms in total. The van der Waals surface area contributed by atoms with Crippen LogP contribution in [0.15, 0.2) is 0 Å². The molecular formula is C13H26N2O2. The van der Waals surface area contributed by atoms with Crippen LogP contribution in [-0.2, 0) is 9.53 Å². The van der Waals surface area contributed by atoms with Crippen LogP contribution in [0, 0.1) is 5.41 Å². The van der Waals surface area contributed by atoms with Crippen molar-refractivity contribution in [1.82, 2.24) is 10.2 Å². The van der Waals surface area contributed by atoms with Gasteiger partial charge < -0.3 is 15.0 Å². The minimum atomic E-state index is -0.427. The average molecular weight is 242 g/mol. The number of nitrogens with one attached hydrogen (secondary N) is 1. The Morgan fingerprint density at radius 3 is 2.71 bits per heavy atom. The number of ether oxygens (including phenoxy) is 1. The molecule has 17 heavy (non-hydrogen) atoms. The van der Waals surface area contributed by atoms with Crippen LogP contribution >= 0.6 is 0 Å². The summed E-state index contributed by atoms with van der Waals surface area (Å²) < 4.78 is 4.85. The zero-order valence-electron chi connectivity index (χ0n) is 11.6. The lowest BCUT2D eigenvalue weighted by molar-refractivity contribution is -0.151. The van der Waals surface area contributed by atoms with Gasteiger partial charge in [0, 0.05) is 19.1 Å². The zero-order valence-corrected chi connectivity index (χ0v) is 11.6. The Hall–Kier alpha value is -0.610.